The van der Waals surface area contributed by atoms with Gasteiger partial charge in [-0.2, -0.15) is 0 Å². The van der Waals surface area contributed by atoms with E-state index in [0.29, 0.717) is 6.61 Å². The van der Waals surface area contributed by atoms with Gasteiger partial charge in [0, 0.05) is 48.2 Å². The van der Waals surface area contributed by atoms with Crippen molar-refractivity contribution < 1.29 is 9.84 Å². The van der Waals surface area contributed by atoms with Crippen molar-refractivity contribution in [3.63, 3.8) is 0 Å². The van der Waals surface area contributed by atoms with Crippen LogP contribution in [0.5, 0.6) is 5.75 Å². The normalized spacial score (nSPS) is 16.1. The van der Waals surface area contributed by atoms with Gasteiger partial charge in [-0.25, -0.2) is 0 Å². The first-order valence-electron chi connectivity index (χ1n) is 8.76. The molecule has 0 fully saturated rings. The van der Waals surface area contributed by atoms with Gasteiger partial charge < -0.3 is 25.0 Å². The van der Waals surface area contributed by atoms with Crippen molar-refractivity contribution in [1.29, 1.82) is 0 Å². The Morgan fingerprint density at radius 2 is 2.08 bits per heavy atom. The fourth-order valence-electron chi connectivity index (χ4n) is 3.20. The van der Waals surface area contributed by atoms with E-state index in [1.165, 1.54) is 0 Å². The average molecular weight is 349 g/mol. The van der Waals surface area contributed by atoms with Gasteiger partial charge in [-0.15, -0.1) is 0 Å². The molecular weight excluding hydrogens is 326 g/mol. The number of likely N-dealkylation sites (N-methyl/N-ethyl adjacent to an activating group) is 1. The summed E-state index contributed by atoms with van der Waals surface area (Å²) in [6, 6.07) is 11.6. The Bertz CT molecular complexity index is 928. The number of hydrogen-bond donors (Lipinski definition) is 2. The van der Waals surface area contributed by atoms with Crippen LogP contribution in [0.4, 0.5) is 5.69 Å². The molecule has 0 unspecified atom stereocenters. The van der Waals surface area contributed by atoms with Crippen molar-refractivity contribution in [2.75, 3.05) is 39.1 Å². The molecule has 2 heterocycles. The summed E-state index contributed by atoms with van der Waals surface area (Å²) < 4.78 is 5.85. The number of allylic oxidation sites excluding steroid dienone is 1. The summed E-state index contributed by atoms with van der Waals surface area (Å²) >= 11 is 0. The minimum absolute atomic E-state index is 0.278. The van der Waals surface area contributed by atoms with Crippen LogP contribution in [-0.2, 0) is 4.74 Å². The first-order chi connectivity index (χ1) is 12.6. The van der Waals surface area contributed by atoms with Gasteiger partial charge in [0.1, 0.15) is 18.1 Å². The van der Waals surface area contributed by atoms with Crippen molar-refractivity contribution in [3.8, 4) is 5.75 Å². The molecule has 0 saturated heterocycles. The summed E-state index contributed by atoms with van der Waals surface area (Å²) in [6.07, 6.45) is 6.21. The molecule has 0 bridgehead atoms. The lowest BCUT2D eigenvalue weighted by Crippen LogP contribution is -2.26. The Balaban J connectivity index is 1.56. The molecule has 5 heteroatoms. The number of anilines is 1. The van der Waals surface area contributed by atoms with E-state index in [-0.39, 0.29) is 5.75 Å². The van der Waals surface area contributed by atoms with Crippen LogP contribution in [0.25, 0.3) is 10.8 Å². The molecule has 0 saturated carbocycles. The SMILES string of the molecule is CN(C)CCN1C=CC2=C(Nc3cc(O)c4ccccc4c3)COC2=C1. The molecule has 0 aliphatic carbocycles. The third-order valence-electron chi connectivity index (χ3n) is 4.62. The lowest BCUT2D eigenvalue weighted by Gasteiger charge is -2.22. The Hall–Kier alpha value is -2.92. The maximum atomic E-state index is 10.3. The molecule has 2 aromatic rings. The maximum Gasteiger partial charge on any atom is 0.145 e. The predicted octanol–water partition coefficient (Wildman–Crippen LogP) is 3.47. The number of phenols is 1. The largest absolute Gasteiger partial charge is 0.507 e. The quantitative estimate of drug-likeness (QED) is 0.865. The Labute approximate surface area is 153 Å². The lowest BCUT2D eigenvalue weighted by atomic mass is 10.1. The second-order valence-corrected chi connectivity index (χ2v) is 6.87. The second-order valence-electron chi connectivity index (χ2n) is 6.87. The van der Waals surface area contributed by atoms with Gasteiger partial charge in [0.2, 0.25) is 0 Å². The number of fused-ring (bicyclic) bond motifs is 2. The highest BCUT2D eigenvalue weighted by Crippen LogP contribution is 2.33. The van der Waals surface area contributed by atoms with E-state index in [0.717, 1.165) is 46.6 Å². The molecule has 0 amide bonds. The first kappa shape index (κ1) is 16.5. The van der Waals surface area contributed by atoms with Crippen molar-refractivity contribution in [3.05, 3.63) is 71.9 Å². The maximum absolute atomic E-state index is 10.3. The summed E-state index contributed by atoms with van der Waals surface area (Å²) in [7, 11) is 4.14. The highest BCUT2D eigenvalue weighted by Gasteiger charge is 2.23. The molecule has 5 nitrogen and oxygen atoms in total. The van der Waals surface area contributed by atoms with E-state index in [9.17, 15) is 5.11 Å². The Morgan fingerprint density at radius 3 is 2.92 bits per heavy atom. The summed E-state index contributed by atoms with van der Waals surface area (Å²) in [6.45, 7) is 2.40. The van der Waals surface area contributed by atoms with Crippen molar-refractivity contribution in [1.82, 2.24) is 9.80 Å². The smallest absolute Gasteiger partial charge is 0.145 e. The molecule has 4 rings (SSSR count). The molecule has 0 atom stereocenters. The summed E-state index contributed by atoms with van der Waals surface area (Å²) in [5.74, 6) is 1.17. The molecule has 0 aromatic heterocycles. The summed E-state index contributed by atoms with van der Waals surface area (Å²) in [5, 5.41) is 15.5. The number of hydrogen-bond acceptors (Lipinski definition) is 5. The van der Waals surface area contributed by atoms with Crippen molar-refractivity contribution >= 4 is 16.5 Å². The van der Waals surface area contributed by atoms with E-state index in [4.69, 9.17) is 4.74 Å². The van der Waals surface area contributed by atoms with E-state index in [1.807, 2.05) is 36.5 Å². The van der Waals surface area contributed by atoms with Crippen LogP contribution < -0.4 is 5.32 Å². The zero-order chi connectivity index (χ0) is 18.1. The molecule has 0 spiro atoms. The van der Waals surface area contributed by atoms with Gasteiger partial charge in [-0.05, 0) is 31.6 Å². The van der Waals surface area contributed by atoms with Crippen LogP contribution in [0.1, 0.15) is 0 Å². The van der Waals surface area contributed by atoms with Crippen LogP contribution in [0, 0.1) is 0 Å². The molecule has 0 radical (unpaired) electrons. The molecule has 2 aliphatic heterocycles. The third kappa shape index (κ3) is 3.26. The van der Waals surface area contributed by atoms with Crippen molar-refractivity contribution in [2.24, 2.45) is 0 Å². The minimum Gasteiger partial charge on any atom is -0.507 e. The lowest BCUT2D eigenvalue weighted by molar-refractivity contribution is 0.258. The second kappa shape index (κ2) is 6.77. The number of aromatic hydroxyl groups is 1. The summed E-state index contributed by atoms with van der Waals surface area (Å²) in [4.78, 5) is 4.30. The van der Waals surface area contributed by atoms with Gasteiger partial charge in [-0.3, -0.25) is 0 Å². The fourth-order valence-corrected chi connectivity index (χ4v) is 3.20. The third-order valence-corrected chi connectivity index (χ3v) is 4.62. The van der Waals surface area contributed by atoms with E-state index in [2.05, 4.69) is 41.5 Å². The zero-order valence-corrected chi connectivity index (χ0v) is 15.1. The molecule has 2 aromatic carbocycles. The average Bonchev–Trinajstić information content (AvgIpc) is 3.02. The first-order valence-corrected chi connectivity index (χ1v) is 8.76. The summed E-state index contributed by atoms with van der Waals surface area (Å²) in [5.41, 5.74) is 2.94. The minimum atomic E-state index is 0.278. The molecular formula is C21H23N3O2. The number of benzene rings is 2. The number of ether oxygens (including phenoxy) is 1. The van der Waals surface area contributed by atoms with E-state index < -0.39 is 0 Å². The van der Waals surface area contributed by atoms with E-state index in [1.54, 1.807) is 6.07 Å². The highest BCUT2D eigenvalue weighted by atomic mass is 16.5. The molecule has 2 N–H and O–H groups in total. The highest BCUT2D eigenvalue weighted by molar-refractivity contribution is 5.91. The number of nitrogens with one attached hydrogen (secondary N) is 1. The Morgan fingerprint density at radius 1 is 1.23 bits per heavy atom. The van der Waals surface area contributed by atoms with Crippen LogP contribution in [0.15, 0.2) is 71.9 Å². The number of phenolic OH excluding ortho intramolecular Hbond substituents is 1. The van der Waals surface area contributed by atoms with Crippen LogP contribution in [-0.4, -0.2) is 48.7 Å². The standard InChI is InChI=1S/C21H23N3O2/c1-23(2)9-10-24-8-7-18-19(14-26-21(18)13-24)22-16-11-15-5-3-4-6-17(15)20(25)12-16/h3-8,11-13,22,25H,9-10,14H2,1-2H3. The van der Waals surface area contributed by atoms with Crippen LogP contribution in [0.2, 0.25) is 0 Å². The molecule has 2 aliphatic rings. The predicted molar refractivity (Wildman–Crippen MR) is 105 cm³/mol. The topological polar surface area (TPSA) is 48.0 Å². The van der Waals surface area contributed by atoms with Gasteiger partial charge >= 0.3 is 0 Å². The fraction of sp³-hybridized carbons (Fsp3) is 0.238. The zero-order valence-electron chi connectivity index (χ0n) is 15.1. The van der Waals surface area contributed by atoms with Gasteiger partial charge in [0.15, 0.2) is 0 Å². The van der Waals surface area contributed by atoms with E-state index >= 15 is 0 Å². The van der Waals surface area contributed by atoms with Gasteiger partial charge in [0.25, 0.3) is 0 Å². The number of rotatable bonds is 5. The monoisotopic (exact) mass is 349 g/mol. The van der Waals surface area contributed by atoms with Gasteiger partial charge in [-0.1, -0.05) is 24.3 Å². The molecule has 26 heavy (non-hydrogen) atoms. The van der Waals surface area contributed by atoms with Crippen LogP contribution in [0.3, 0.4) is 0 Å². The molecule has 134 valence electrons. The van der Waals surface area contributed by atoms with Crippen molar-refractivity contribution in [2.45, 2.75) is 0 Å². The van der Waals surface area contributed by atoms with Crippen LogP contribution >= 0.6 is 0 Å². The Kier molecular flexibility index (Phi) is 4.31. The van der Waals surface area contributed by atoms with Gasteiger partial charge in [0.05, 0.1) is 5.70 Å². The number of nitrogens with zero attached hydrogens (tertiary/aromatic N) is 2.